The van der Waals surface area contributed by atoms with Crippen LogP contribution in [0.15, 0.2) is 35.9 Å². The van der Waals surface area contributed by atoms with E-state index in [1.54, 1.807) is 24.9 Å². The third kappa shape index (κ3) is 5.82. The van der Waals surface area contributed by atoms with Gasteiger partial charge in [-0.3, -0.25) is 14.4 Å². The Kier molecular flexibility index (Phi) is 8.83. The van der Waals surface area contributed by atoms with Crippen molar-refractivity contribution in [3.8, 4) is 0 Å². The van der Waals surface area contributed by atoms with Crippen molar-refractivity contribution in [1.29, 1.82) is 0 Å². The number of rotatable bonds is 7. The van der Waals surface area contributed by atoms with Gasteiger partial charge in [0.1, 0.15) is 12.6 Å². The fourth-order valence-corrected chi connectivity index (χ4v) is 6.43. The summed E-state index contributed by atoms with van der Waals surface area (Å²) in [5.41, 5.74) is 3.11. The molecule has 1 aromatic carbocycles. The summed E-state index contributed by atoms with van der Waals surface area (Å²) < 4.78 is 2.25. The highest BCUT2D eigenvalue weighted by Gasteiger charge is 2.51. The van der Waals surface area contributed by atoms with E-state index < -0.39 is 16.9 Å². The monoisotopic (exact) mass is 555 g/mol. The van der Waals surface area contributed by atoms with Crippen LogP contribution in [0.4, 0.5) is 0 Å². The Morgan fingerprint density at radius 1 is 1.21 bits per heavy atom. The number of aryl methyl sites for hydroxylation is 1. The molecular weight excluding hydrogens is 508 g/mol. The van der Waals surface area contributed by atoms with Crippen molar-refractivity contribution in [1.82, 2.24) is 14.8 Å². The number of aromatic nitrogens is 1. The predicted molar refractivity (Wildman–Crippen MR) is 161 cm³/mol. The zero-order valence-electron chi connectivity index (χ0n) is 25.5. The SMILES string of the molecule is CC(=CC(C(C)C)N(C)C(=O)C(NC(=O)C1[NH+](C)Cc2c(c3ccccc3n2C)C1(C)C)C(C)(C)C)C(=O)S. The van der Waals surface area contributed by atoms with Gasteiger partial charge < -0.3 is 19.7 Å². The van der Waals surface area contributed by atoms with E-state index in [0.717, 1.165) is 10.4 Å². The average molecular weight is 556 g/mol. The van der Waals surface area contributed by atoms with Gasteiger partial charge in [-0.2, -0.15) is 0 Å². The van der Waals surface area contributed by atoms with Crippen LogP contribution in [-0.4, -0.2) is 58.6 Å². The Hall–Kier alpha value is -2.58. The van der Waals surface area contributed by atoms with E-state index in [9.17, 15) is 14.4 Å². The molecule has 7 nitrogen and oxygen atoms in total. The number of thiol groups is 1. The second kappa shape index (κ2) is 11.1. The highest BCUT2D eigenvalue weighted by Crippen LogP contribution is 2.39. The molecule has 4 atom stereocenters. The van der Waals surface area contributed by atoms with Crippen molar-refractivity contribution in [2.24, 2.45) is 18.4 Å². The molecule has 1 aromatic heterocycles. The van der Waals surface area contributed by atoms with E-state index in [4.69, 9.17) is 0 Å². The summed E-state index contributed by atoms with van der Waals surface area (Å²) in [7, 11) is 5.90. The van der Waals surface area contributed by atoms with Gasteiger partial charge in [0.05, 0.1) is 24.2 Å². The highest BCUT2D eigenvalue weighted by molar-refractivity contribution is 7.97. The Bertz CT molecular complexity index is 1300. The quantitative estimate of drug-likeness (QED) is 0.363. The van der Waals surface area contributed by atoms with E-state index in [1.165, 1.54) is 16.6 Å². The molecule has 39 heavy (non-hydrogen) atoms. The summed E-state index contributed by atoms with van der Waals surface area (Å²) in [5, 5.41) is 4.04. The van der Waals surface area contributed by atoms with Crippen LogP contribution in [0, 0.1) is 11.3 Å². The van der Waals surface area contributed by atoms with Gasteiger partial charge in [-0.15, -0.1) is 12.6 Å². The van der Waals surface area contributed by atoms with Gasteiger partial charge in [0.25, 0.3) is 5.91 Å². The summed E-state index contributed by atoms with van der Waals surface area (Å²) in [4.78, 5) is 42.7. The van der Waals surface area contributed by atoms with Crippen LogP contribution in [0.25, 0.3) is 10.9 Å². The molecule has 2 aromatic rings. The van der Waals surface area contributed by atoms with Gasteiger partial charge in [0.15, 0.2) is 6.04 Å². The molecular formula is C31H47N4O3S+. The van der Waals surface area contributed by atoms with Gasteiger partial charge in [0, 0.05) is 30.6 Å². The van der Waals surface area contributed by atoms with Crippen molar-refractivity contribution < 1.29 is 19.3 Å². The first-order chi connectivity index (χ1) is 17.9. The highest BCUT2D eigenvalue weighted by atomic mass is 32.1. The topological polar surface area (TPSA) is 75.8 Å². The summed E-state index contributed by atoms with van der Waals surface area (Å²) >= 11 is 3.94. The number of benzene rings is 1. The number of nitrogens with one attached hydrogen (secondary N) is 2. The molecule has 0 spiro atoms. The van der Waals surface area contributed by atoms with E-state index in [0.29, 0.717) is 12.1 Å². The van der Waals surface area contributed by atoms with Gasteiger partial charge in [-0.25, -0.2) is 0 Å². The Balaban J connectivity index is 1.98. The largest absolute Gasteiger partial charge is 0.343 e. The molecule has 1 aliphatic heterocycles. The van der Waals surface area contributed by atoms with Crippen LogP contribution in [0.5, 0.6) is 0 Å². The average Bonchev–Trinajstić information content (AvgIpc) is 3.11. The summed E-state index contributed by atoms with van der Waals surface area (Å²) in [6, 6.07) is 6.92. The van der Waals surface area contributed by atoms with Crippen LogP contribution in [0.3, 0.4) is 0 Å². The number of hydrogen-bond donors (Lipinski definition) is 3. The van der Waals surface area contributed by atoms with Crippen LogP contribution in [-0.2, 0) is 33.4 Å². The van der Waals surface area contributed by atoms with Gasteiger partial charge in [-0.05, 0) is 43.7 Å². The van der Waals surface area contributed by atoms with Gasteiger partial charge >= 0.3 is 0 Å². The van der Waals surface area contributed by atoms with Crippen LogP contribution in [0.2, 0.25) is 0 Å². The maximum Gasteiger partial charge on any atom is 0.279 e. The number of para-hydroxylation sites is 1. The Morgan fingerprint density at radius 3 is 2.33 bits per heavy atom. The lowest BCUT2D eigenvalue weighted by Crippen LogP contribution is -3.16. The minimum Gasteiger partial charge on any atom is -0.343 e. The standard InChI is InChI=1S/C31H46N4O3S/c1-18(2)22(16-19(3)29(38)39)35(11)28(37)25(30(4,5)6)32-27(36)26-31(7,8)24-20-14-12-13-15-21(20)34(10)23(24)17-33(26)9/h12-16,18,22,25-26H,17H2,1-11H3,(H,32,36)(H,38,39)/p+1. The van der Waals surface area contributed by atoms with Crippen molar-refractivity contribution >= 4 is 40.5 Å². The second-order valence-corrected chi connectivity index (χ2v) is 13.6. The molecule has 1 aliphatic rings. The van der Waals surface area contributed by atoms with Crippen LogP contribution in [0.1, 0.15) is 66.6 Å². The predicted octanol–water partition coefficient (Wildman–Crippen LogP) is 3.27. The molecule has 0 bridgehead atoms. The lowest BCUT2D eigenvalue weighted by molar-refractivity contribution is -0.917. The van der Waals surface area contributed by atoms with Crippen LogP contribution >= 0.6 is 12.6 Å². The molecule has 214 valence electrons. The fraction of sp³-hybridized carbons (Fsp3) is 0.581. The molecule has 2 heterocycles. The first-order valence-corrected chi connectivity index (χ1v) is 14.2. The van der Waals surface area contributed by atoms with Crippen molar-refractivity contribution in [3.05, 3.63) is 47.2 Å². The third-order valence-electron chi connectivity index (χ3n) is 8.43. The first-order valence-electron chi connectivity index (χ1n) is 13.8. The minimum atomic E-state index is -0.742. The summed E-state index contributed by atoms with van der Waals surface area (Å²) in [6.45, 7) is 16.6. The lowest BCUT2D eigenvalue weighted by atomic mass is 9.72. The van der Waals surface area contributed by atoms with Crippen molar-refractivity contribution in [2.75, 3.05) is 14.1 Å². The molecule has 0 saturated heterocycles. The van der Waals surface area contributed by atoms with E-state index in [1.807, 2.05) is 46.8 Å². The molecule has 0 aliphatic carbocycles. The number of carbonyl (C=O) groups is 3. The van der Waals surface area contributed by atoms with E-state index in [2.05, 4.69) is 62.6 Å². The second-order valence-electron chi connectivity index (χ2n) is 13.2. The molecule has 3 rings (SSSR count). The summed E-state index contributed by atoms with van der Waals surface area (Å²) in [5.74, 6) is -0.242. The van der Waals surface area contributed by atoms with Crippen LogP contribution < -0.4 is 10.2 Å². The number of quaternary nitrogens is 1. The normalized spacial score (nSPS) is 20.9. The first kappa shape index (κ1) is 31.0. The lowest BCUT2D eigenvalue weighted by Gasteiger charge is -2.43. The van der Waals surface area contributed by atoms with Crippen molar-refractivity contribution in [2.45, 2.75) is 85.5 Å². The Morgan fingerprint density at radius 2 is 1.79 bits per heavy atom. The summed E-state index contributed by atoms with van der Waals surface area (Å²) in [6.07, 6.45) is 1.80. The molecule has 2 N–H and O–H groups in total. The number of hydrogen-bond acceptors (Lipinski definition) is 3. The maximum absolute atomic E-state index is 14.2. The molecule has 8 heteroatoms. The number of carbonyl (C=O) groups excluding carboxylic acids is 3. The van der Waals surface area contributed by atoms with E-state index in [-0.39, 0.29) is 34.9 Å². The number of nitrogens with zero attached hydrogens (tertiary/aromatic N) is 2. The fourth-order valence-electron chi connectivity index (χ4n) is 6.35. The molecule has 0 fully saturated rings. The smallest absolute Gasteiger partial charge is 0.279 e. The zero-order chi connectivity index (χ0) is 29.6. The number of fused-ring (bicyclic) bond motifs is 3. The molecule has 0 saturated carbocycles. The third-order valence-corrected chi connectivity index (χ3v) is 8.78. The van der Waals surface area contributed by atoms with Gasteiger partial charge in [0.2, 0.25) is 11.0 Å². The molecule has 4 unspecified atom stereocenters. The minimum absolute atomic E-state index is 0.0653. The molecule has 0 radical (unpaired) electrons. The van der Waals surface area contributed by atoms with Crippen molar-refractivity contribution in [3.63, 3.8) is 0 Å². The number of amides is 2. The zero-order valence-corrected chi connectivity index (χ0v) is 26.4. The maximum atomic E-state index is 14.2. The van der Waals surface area contributed by atoms with E-state index >= 15 is 0 Å². The molecule has 2 amide bonds. The number of likely N-dealkylation sites (N-methyl/N-ethyl adjacent to an activating group) is 2. The Labute approximate surface area is 239 Å². The van der Waals surface area contributed by atoms with Gasteiger partial charge in [-0.1, -0.05) is 58.9 Å².